The van der Waals surface area contributed by atoms with Gasteiger partial charge in [-0.2, -0.15) is 0 Å². The molecule has 0 unspecified atom stereocenters. The van der Waals surface area contributed by atoms with E-state index in [2.05, 4.69) is 10.1 Å². The van der Waals surface area contributed by atoms with Crippen molar-refractivity contribution < 1.29 is 9.53 Å². The minimum absolute atomic E-state index is 0.101. The van der Waals surface area contributed by atoms with Gasteiger partial charge in [0.1, 0.15) is 6.04 Å². The number of carbonyl (C=O) groups excluding carboxylic acids is 1. The largest absolute Gasteiger partial charge is 0.468 e. The highest BCUT2D eigenvalue weighted by Crippen LogP contribution is 2.04. The maximum absolute atomic E-state index is 10.8. The van der Waals surface area contributed by atoms with Crippen LogP contribution in [0.25, 0.3) is 0 Å². The Morgan fingerprint density at radius 2 is 2.50 bits per heavy atom. The van der Waals surface area contributed by atoms with E-state index >= 15 is 0 Å². The molecule has 3 N–H and O–H groups in total. The number of methoxy groups -OCH3 is 1. The highest BCUT2D eigenvalue weighted by atomic mass is 16.5. The van der Waals surface area contributed by atoms with Crippen LogP contribution in [0.5, 0.6) is 0 Å². The van der Waals surface area contributed by atoms with E-state index in [0.717, 1.165) is 0 Å². The number of nitrogens with two attached hydrogens (primary N) is 1. The topological polar surface area (TPSA) is 64.3 Å². The first kappa shape index (κ1) is 7.50. The van der Waals surface area contributed by atoms with E-state index < -0.39 is 0 Å². The summed E-state index contributed by atoms with van der Waals surface area (Å²) in [4.78, 5) is 10.8. The molecule has 0 aromatic heterocycles. The van der Waals surface area contributed by atoms with Crippen LogP contribution in [0.4, 0.5) is 0 Å². The fourth-order valence-electron chi connectivity index (χ4n) is 1.08. The van der Waals surface area contributed by atoms with Crippen LogP contribution in [0.3, 0.4) is 0 Å². The van der Waals surface area contributed by atoms with Gasteiger partial charge in [-0.1, -0.05) is 0 Å². The number of nitrogens with one attached hydrogen (secondary N) is 1. The normalized spacial score (nSPS) is 32.2. The van der Waals surface area contributed by atoms with Crippen LogP contribution in [0.2, 0.25) is 0 Å². The molecule has 1 fully saturated rings. The second-order valence-electron chi connectivity index (χ2n) is 2.48. The van der Waals surface area contributed by atoms with Crippen LogP contribution in [0.1, 0.15) is 6.42 Å². The Kier molecular flexibility index (Phi) is 2.24. The van der Waals surface area contributed by atoms with E-state index in [1.54, 1.807) is 0 Å². The molecule has 1 aliphatic heterocycles. The third-order valence-electron chi connectivity index (χ3n) is 1.65. The van der Waals surface area contributed by atoms with Crippen molar-refractivity contribution in [1.82, 2.24) is 5.32 Å². The third kappa shape index (κ3) is 1.46. The molecule has 0 saturated carbocycles. The van der Waals surface area contributed by atoms with Crippen LogP contribution in [-0.4, -0.2) is 31.7 Å². The van der Waals surface area contributed by atoms with Crippen molar-refractivity contribution in [1.29, 1.82) is 0 Å². The van der Waals surface area contributed by atoms with Gasteiger partial charge in [-0.3, -0.25) is 4.79 Å². The van der Waals surface area contributed by atoms with Gasteiger partial charge in [0.15, 0.2) is 0 Å². The summed E-state index contributed by atoms with van der Waals surface area (Å²) in [5, 5.41) is 2.96. The smallest absolute Gasteiger partial charge is 0.322 e. The van der Waals surface area contributed by atoms with Gasteiger partial charge < -0.3 is 15.8 Å². The molecule has 0 amide bonds. The first-order valence-corrected chi connectivity index (χ1v) is 3.31. The van der Waals surface area contributed by atoms with Crippen molar-refractivity contribution in [2.75, 3.05) is 13.7 Å². The van der Waals surface area contributed by atoms with E-state index in [-0.39, 0.29) is 18.1 Å². The summed E-state index contributed by atoms with van der Waals surface area (Å²) in [5.74, 6) is -0.215. The van der Waals surface area contributed by atoms with Gasteiger partial charge in [-0.05, 0) is 6.42 Å². The van der Waals surface area contributed by atoms with Crippen LogP contribution < -0.4 is 11.1 Å². The summed E-state index contributed by atoms with van der Waals surface area (Å²) >= 11 is 0. The zero-order valence-corrected chi connectivity index (χ0v) is 5.96. The number of carbonyl (C=O) groups is 1. The minimum Gasteiger partial charge on any atom is -0.468 e. The molecule has 1 saturated heterocycles. The van der Waals surface area contributed by atoms with Gasteiger partial charge >= 0.3 is 5.97 Å². The zero-order chi connectivity index (χ0) is 7.56. The van der Waals surface area contributed by atoms with Crippen molar-refractivity contribution in [2.24, 2.45) is 5.73 Å². The number of hydrogen-bond acceptors (Lipinski definition) is 4. The van der Waals surface area contributed by atoms with E-state index in [0.29, 0.717) is 13.0 Å². The van der Waals surface area contributed by atoms with Crippen LogP contribution in [0, 0.1) is 0 Å². The Morgan fingerprint density at radius 3 is 2.90 bits per heavy atom. The van der Waals surface area contributed by atoms with Gasteiger partial charge in [-0.15, -0.1) is 0 Å². The van der Waals surface area contributed by atoms with Gasteiger partial charge in [-0.25, -0.2) is 0 Å². The predicted molar refractivity (Wildman–Crippen MR) is 36.4 cm³/mol. The molecule has 0 radical (unpaired) electrons. The number of ether oxygens (including phenoxy) is 1. The molecule has 0 aromatic carbocycles. The lowest BCUT2D eigenvalue weighted by molar-refractivity contribution is -0.142. The van der Waals surface area contributed by atoms with E-state index in [4.69, 9.17) is 5.73 Å². The van der Waals surface area contributed by atoms with E-state index in [1.165, 1.54) is 7.11 Å². The zero-order valence-electron chi connectivity index (χ0n) is 5.96. The molecular weight excluding hydrogens is 132 g/mol. The molecule has 4 heteroatoms. The summed E-state index contributed by atoms with van der Waals surface area (Å²) in [7, 11) is 1.38. The minimum atomic E-state index is -0.215. The lowest BCUT2D eigenvalue weighted by Gasteiger charge is -2.05. The van der Waals surface area contributed by atoms with Crippen molar-refractivity contribution in [3.05, 3.63) is 0 Å². The molecular formula is C6H12N2O2. The van der Waals surface area contributed by atoms with Crippen LogP contribution in [-0.2, 0) is 9.53 Å². The Morgan fingerprint density at radius 1 is 1.80 bits per heavy atom. The monoisotopic (exact) mass is 144 g/mol. The van der Waals surface area contributed by atoms with Gasteiger partial charge in [0.25, 0.3) is 0 Å². The van der Waals surface area contributed by atoms with E-state index in [9.17, 15) is 4.79 Å². The van der Waals surface area contributed by atoms with Gasteiger partial charge in [0, 0.05) is 12.6 Å². The van der Waals surface area contributed by atoms with Crippen LogP contribution >= 0.6 is 0 Å². The molecule has 10 heavy (non-hydrogen) atoms. The molecule has 58 valence electrons. The SMILES string of the molecule is COC(=O)[C@@H]1C[C@@H](N)CN1. The van der Waals surface area contributed by atoms with Crippen molar-refractivity contribution in [2.45, 2.75) is 18.5 Å². The molecule has 4 nitrogen and oxygen atoms in total. The molecule has 0 spiro atoms. The number of hydrogen-bond donors (Lipinski definition) is 2. The summed E-state index contributed by atoms with van der Waals surface area (Å²) in [6.07, 6.45) is 0.687. The van der Waals surface area contributed by atoms with Crippen molar-refractivity contribution >= 4 is 5.97 Å². The molecule has 0 aromatic rings. The molecule has 0 aliphatic carbocycles. The quantitative estimate of drug-likeness (QED) is 0.456. The lowest BCUT2D eigenvalue weighted by Crippen LogP contribution is -2.31. The third-order valence-corrected chi connectivity index (χ3v) is 1.65. The fraction of sp³-hybridized carbons (Fsp3) is 0.833. The summed E-state index contributed by atoms with van der Waals surface area (Å²) in [6, 6.07) is -0.0795. The van der Waals surface area contributed by atoms with Crippen molar-refractivity contribution in [3.8, 4) is 0 Å². The highest BCUT2D eigenvalue weighted by molar-refractivity contribution is 5.76. The first-order valence-electron chi connectivity index (χ1n) is 3.31. The Balaban J connectivity index is 2.37. The maximum atomic E-state index is 10.8. The van der Waals surface area contributed by atoms with E-state index in [1.807, 2.05) is 0 Å². The Hall–Kier alpha value is -0.610. The van der Waals surface area contributed by atoms with Crippen LogP contribution in [0.15, 0.2) is 0 Å². The summed E-state index contributed by atoms with van der Waals surface area (Å²) < 4.78 is 4.53. The standard InChI is InChI=1S/C6H12N2O2/c1-10-6(9)5-2-4(7)3-8-5/h4-5,8H,2-3,7H2,1H3/t4-,5+/m1/s1. The molecule has 1 heterocycles. The molecule has 1 rings (SSSR count). The number of rotatable bonds is 1. The molecule has 1 aliphatic rings. The predicted octanol–water partition coefficient (Wildman–Crippen LogP) is -1.15. The van der Waals surface area contributed by atoms with Gasteiger partial charge in [0.2, 0.25) is 0 Å². The average molecular weight is 144 g/mol. The summed E-state index contributed by atoms with van der Waals surface area (Å²) in [6.45, 7) is 0.708. The maximum Gasteiger partial charge on any atom is 0.322 e. The second kappa shape index (κ2) is 2.98. The lowest BCUT2D eigenvalue weighted by atomic mass is 10.2. The average Bonchev–Trinajstić information content (AvgIpc) is 2.34. The second-order valence-corrected chi connectivity index (χ2v) is 2.48. The van der Waals surface area contributed by atoms with Crippen molar-refractivity contribution in [3.63, 3.8) is 0 Å². The summed E-state index contributed by atoms with van der Waals surface area (Å²) in [5.41, 5.74) is 5.55. The number of esters is 1. The Bertz CT molecular complexity index is 138. The molecule has 2 atom stereocenters. The highest BCUT2D eigenvalue weighted by Gasteiger charge is 2.27. The Labute approximate surface area is 59.7 Å². The fourth-order valence-corrected chi connectivity index (χ4v) is 1.08. The van der Waals surface area contributed by atoms with Gasteiger partial charge in [0.05, 0.1) is 7.11 Å². The first-order chi connectivity index (χ1) is 4.74. The molecule has 0 bridgehead atoms.